The number of rotatable bonds is 8. The number of nitrogens with one attached hydrogen (secondary N) is 1. The van der Waals surface area contributed by atoms with Crippen molar-refractivity contribution < 1.29 is 23.4 Å². The van der Waals surface area contributed by atoms with Crippen LogP contribution in [0, 0.1) is 5.82 Å². The van der Waals surface area contributed by atoms with Crippen LogP contribution in [0.2, 0.25) is 0 Å². The molecule has 138 valence electrons. The van der Waals surface area contributed by atoms with Crippen molar-refractivity contribution in [2.45, 2.75) is 12.8 Å². The summed E-state index contributed by atoms with van der Waals surface area (Å²) in [5.41, 5.74) is 6.61. The number of nitrogens with two attached hydrogens (primary N) is 1. The van der Waals surface area contributed by atoms with Gasteiger partial charge in [0.05, 0.1) is 12.2 Å². The van der Waals surface area contributed by atoms with E-state index in [0.29, 0.717) is 44.0 Å². The average molecular weight is 360 g/mol. The van der Waals surface area contributed by atoms with Crippen LogP contribution in [0.3, 0.4) is 0 Å². The normalized spacial score (nSPS) is 12.1. The molecular weight excluding hydrogens is 339 g/mol. The summed E-state index contributed by atoms with van der Waals surface area (Å²) < 4.78 is 29.7. The summed E-state index contributed by atoms with van der Waals surface area (Å²) in [4.78, 5) is 12.4. The fourth-order valence-corrected chi connectivity index (χ4v) is 2.58. The van der Waals surface area contributed by atoms with E-state index in [-0.39, 0.29) is 18.3 Å². The Morgan fingerprint density at radius 1 is 1.19 bits per heavy atom. The number of benzene rings is 2. The van der Waals surface area contributed by atoms with Crippen molar-refractivity contribution in [3.8, 4) is 17.2 Å². The van der Waals surface area contributed by atoms with Crippen LogP contribution in [0.4, 0.5) is 4.39 Å². The molecule has 7 heteroatoms. The molecular formula is C19H21FN2O4. The molecule has 1 heterocycles. The summed E-state index contributed by atoms with van der Waals surface area (Å²) in [6.07, 6.45) is 1.27. The first-order valence-electron chi connectivity index (χ1n) is 8.46. The standard InChI is InChI=1S/C19H21FN2O4/c20-14-3-5-16(24-9-1-7-21)15(11-14)19(23)22-8-6-13-2-4-17-18(10-13)26-12-25-17/h2-5,10-11H,1,6-9,12,21H2,(H,22,23). The first kappa shape index (κ1) is 18.0. The second-order valence-corrected chi connectivity index (χ2v) is 5.82. The van der Waals surface area contributed by atoms with Crippen LogP contribution in [-0.4, -0.2) is 32.4 Å². The van der Waals surface area contributed by atoms with Gasteiger partial charge in [0.15, 0.2) is 11.5 Å². The first-order chi connectivity index (χ1) is 12.7. The molecule has 6 nitrogen and oxygen atoms in total. The summed E-state index contributed by atoms with van der Waals surface area (Å²) in [5.74, 6) is 0.900. The summed E-state index contributed by atoms with van der Waals surface area (Å²) in [6.45, 7) is 1.48. The minimum atomic E-state index is -0.489. The number of hydrogen-bond acceptors (Lipinski definition) is 5. The number of carbonyl (C=O) groups is 1. The highest BCUT2D eigenvalue weighted by Crippen LogP contribution is 2.32. The number of hydrogen-bond donors (Lipinski definition) is 2. The van der Waals surface area contributed by atoms with Crippen LogP contribution in [0.1, 0.15) is 22.3 Å². The molecule has 0 saturated carbocycles. The van der Waals surface area contributed by atoms with Gasteiger partial charge in [-0.3, -0.25) is 4.79 Å². The van der Waals surface area contributed by atoms with Crippen molar-refractivity contribution in [3.05, 3.63) is 53.3 Å². The molecule has 26 heavy (non-hydrogen) atoms. The molecule has 2 aromatic rings. The Kier molecular flexibility index (Phi) is 5.91. The smallest absolute Gasteiger partial charge is 0.255 e. The highest BCUT2D eigenvalue weighted by Gasteiger charge is 2.15. The van der Waals surface area contributed by atoms with Gasteiger partial charge in [-0.1, -0.05) is 6.07 Å². The molecule has 0 atom stereocenters. The van der Waals surface area contributed by atoms with Crippen molar-refractivity contribution in [2.75, 3.05) is 26.5 Å². The van der Waals surface area contributed by atoms with Gasteiger partial charge in [0, 0.05) is 6.54 Å². The molecule has 1 aliphatic heterocycles. The predicted molar refractivity (Wildman–Crippen MR) is 94.2 cm³/mol. The topological polar surface area (TPSA) is 82.8 Å². The average Bonchev–Trinajstić information content (AvgIpc) is 3.11. The maximum atomic E-state index is 13.5. The molecule has 3 N–H and O–H groups in total. The molecule has 0 bridgehead atoms. The molecule has 0 aliphatic carbocycles. The minimum absolute atomic E-state index is 0.174. The number of fused-ring (bicyclic) bond motifs is 1. The van der Waals surface area contributed by atoms with Crippen molar-refractivity contribution in [3.63, 3.8) is 0 Å². The van der Waals surface area contributed by atoms with E-state index in [4.69, 9.17) is 19.9 Å². The van der Waals surface area contributed by atoms with Gasteiger partial charge in [-0.25, -0.2) is 4.39 Å². The van der Waals surface area contributed by atoms with E-state index in [0.717, 1.165) is 11.3 Å². The molecule has 0 spiro atoms. The molecule has 0 radical (unpaired) electrons. The quantitative estimate of drug-likeness (QED) is 0.706. The van der Waals surface area contributed by atoms with Gasteiger partial charge >= 0.3 is 0 Å². The monoisotopic (exact) mass is 360 g/mol. The summed E-state index contributed by atoms with van der Waals surface area (Å²) in [6, 6.07) is 9.55. The van der Waals surface area contributed by atoms with Crippen molar-refractivity contribution >= 4 is 5.91 Å². The predicted octanol–water partition coefficient (Wildman–Crippen LogP) is 2.25. The van der Waals surface area contributed by atoms with Gasteiger partial charge in [-0.2, -0.15) is 0 Å². The van der Waals surface area contributed by atoms with Crippen molar-refractivity contribution in [2.24, 2.45) is 5.73 Å². The SMILES string of the molecule is NCCCOc1ccc(F)cc1C(=O)NCCc1ccc2c(c1)OCO2. The second kappa shape index (κ2) is 8.53. The van der Waals surface area contributed by atoms with E-state index in [2.05, 4.69) is 5.32 Å². The van der Waals surface area contributed by atoms with Crippen LogP contribution >= 0.6 is 0 Å². The number of halogens is 1. The maximum Gasteiger partial charge on any atom is 0.255 e. The molecule has 1 amide bonds. The van der Waals surface area contributed by atoms with Gasteiger partial charge in [0.1, 0.15) is 11.6 Å². The third-order valence-electron chi connectivity index (χ3n) is 3.93. The van der Waals surface area contributed by atoms with Gasteiger partial charge in [-0.15, -0.1) is 0 Å². The zero-order valence-corrected chi connectivity index (χ0v) is 14.3. The third-order valence-corrected chi connectivity index (χ3v) is 3.93. The Morgan fingerprint density at radius 3 is 2.88 bits per heavy atom. The highest BCUT2D eigenvalue weighted by molar-refractivity contribution is 5.96. The van der Waals surface area contributed by atoms with Gasteiger partial charge in [0.25, 0.3) is 5.91 Å². The molecule has 0 unspecified atom stereocenters. The summed E-state index contributed by atoms with van der Waals surface area (Å²) >= 11 is 0. The van der Waals surface area contributed by atoms with Crippen LogP contribution in [0.25, 0.3) is 0 Å². The number of carbonyl (C=O) groups excluding carboxylic acids is 1. The van der Waals surface area contributed by atoms with Crippen molar-refractivity contribution in [1.29, 1.82) is 0 Å². The highest BCUT2D eigenvalue weighted by atomic mass is 19.1. The van der Waals surface area contributed by atoms with E-state index >= 15 is 0 Å². The van der Waals surface area contributed by atoms with Crippen LogP contribution in [0.15, 0.2) is 36.4 Å². The summed E-state index contributed by atoms with van der Waals surface area (Å²) in [5, 5.41) is 2.79. The molecule has 1 aliphatic rings. The Balaban J connectivity index is 1.58. The molecule has 0 aromatic heterocycles. The Labute approximate surface area is 151 Å². The zero-order chi connectivity index (χ0) is 18.4. The van der Waals surface area contributed by atoms with Gasteiger partial charge in [-0.05, 0) is 55.3 Å². The number of amides is 1. The van der Waals surface area contributed by atoms with E-state index < -0.39 is 5.82 Å². The van der Waals surface area contributed by atoms with E-state index in [1.807, 2.05) is 18.2 Å². The molecule has 3 rings (SSSR count). The fraction of sp³-hybridized carbons (Fsp3) is 0.316. The largest absolute Gasteiger partial charge is 0.493 e. The lowest BCUT2D eigenvalue weighted by Gasteiger charge is -2.12. The molecule has 2 aromatic carbocycles. The van der Waals surface area contributed by atoms with Crippen molar-refractivity contribution in [1.82, 2.24) is 5.32 Å². The minimum Gasteiger partial charge on any atom is -0.493 e. The molecule has 0 fully saturated rings. The van der Waals surface area contributed by atoms with E-state index in [9.17, 15) is 9.18 Å². The Bertz CT molecular complexity index is 782. The third kappa shape index (κ3) is 4.43. The van der Waals surface area contributed by atoms with E-state index in [1.54, 1.807) is 0 Å². The lowest BCUT2D eigenvalue weighted by atomic mass is 10.1. The maximum absolute atomic E-state index is 13.5. The lowest BCUT2D eigenvalue weighted by Crippen LogP contribution is -2.26. The zero-order valence-electron chi connectivity index (χ0n) is 14.3. The summed E-state index contributed by atoms with van der Waals surface area (Å²) in [7, 11) is 0. The van der Waals surface area contributed by atoms with Crippen LogP contribution in [-0.2, 0) is 6.42 Å². The van der Waals surface area contributed by atoms with E-state index in [1.165, 1.54) is 18.2 Å². The second-order valence-electron chi connectivity index (χ2n) is 5.82. The van der Waals surface area contributed by atoms with Crippen LogP contribution < -0.4 is 25.3 Å². The molecule has 0 saturated heterocycles. The Morgan fingerprint density at radius 2 is 2.04 bits per heavy atom. The van der Waals surface area contributed by atoms with Crippen LogP contribution in [0.5, 0.6) is 17.2 Å². The number of ether oxygens (including phenoxy) is 3. The first-order valence-corrected chi connectivity index (χ1v) is 8.46. The van der Waals surface area contributed by atoms with Gasteiger partial charge in [0.2, 0.25) is 6.79 Å². The lowest BCUT2D eigenvalue weighted by molar-refractivity contribution is 0.0949. The Hall–Kier alpha value is -2.80. The van der Waals surface area contributed by atoms with Gasteiger partial charge < -0.3 is 25.3 Å². The fourth-order valence-electron chi connectivity index (χ4n) is 2.58.